The second-order valence-corrected chi connectivity index (χ2v) is 8.34. The van der Waals surface area contributed by atoms with E-state index in [1.54, 1.807) is 0 Å². The van der Waals surface area contributed by atoms with E-state index < -0.39 is 0 Å². The summed E-state index contributed by atoms with van der Waals surface area (Å²) in [7, 11) is 0. The molecule has 0 bridgehead atoms. The van der Waals surface area contributed by atoms with E-state index in [4.69, 9.17) is 4.74 Å². The zero-order chi connectivity index (χ0) is 17.6. The Morgan fingerprint density at radius 3 is 2.50 bits per heavy atom. The van der Waals surface area contributed by atoms with Crippen LogP contribution in [0.1, 0.15) is 33.1 Å². The molecule has 7 heteroatoms. The molecular weight excluding hydrogens is 592 g/mol. The summed E-state index contributed by atoms with van der Waals surface area (Å²) in [6, 6.07) is 4.87. The van der Waals surface area contributed by atoms with E-state index in [1.165, 1.54) is 23.9 Å². The summed E-state index contributed by atoms with van der Waals surface area (Å²) >= 11 is 7.24. The highest BCUT2D eigenvalue weighted by molar-refractivity contribution is 9.11. The molecule has 1 aliphatic heterocycles. The van der Waals surface area contributed by atoms with Gasteiger partial charge >= 0.3 is 0 Å². The first-order chi connectivity index (χ1) is 11.5. The highest BCUT2D eigenvalue weighted by Crippen LogP contribution is 2.36. The van der Waals surface area contributed by atoms with E-state index in [-0.39, 0.29) is 34.0 Å². The van der Waals surface area contributed by atoms with Gasteiger partial charge in [0.1, 0.15) is 5.75 Å². The van der Waals surface area contributed by atoms with Crippen molar-refractivity contribution in [1.29, 1.82) is 0 Å². The fourth-order valence-electron chi connectivity index (χ4n) is 3.71. The molecule has 1 saturated heterocycles. The summed E-state index contributed by atoms with van der Waals surface area (Å²) in [4.78, 5) is 0. The Bertz CT molecular complexity index is 547. The molecule has 1 aromatic carbocycles. The van der Waals surface area contributed by atoms with E-state index in [0.29, 0.717) is 0 Å². The van der Waals surface area contributed by atoms with E-state index in [0.717, 1.165) is 59.1 Å². The van der Waals surface area contributed by atoms with Crippen molar-refractivity contribution in [2.75, 3.05) is 38.1 Å². The Kier molecular flexibility index (Phi) is 13.0. The lowest BCUT2D eigenvalue weighted by molar-refractivity contribution is -0.932. The second kappa shape index (κ2) is 12.8. The fourth-order valence-corrected chi connectivity index (χ4v) is 5.12. The van der Waals surface area contributed by atoms with Crippen LogP contribution in [0.3, 0.4) is 0 Å². The van der Waals surface area contributed by atoms with Gasteiger partial charge in [-0.2, -0.15) is 0 Å². The Morgan fingerprint density at radius 2 is 2.00 bits per heavy atom. The maximum Gasteiger partial charge on any atom is 0.147 e. The monoisotopic (exact) mass is 618 g/mol. The number of halogens is 4. The van der Waals surface area contributed by atoms with Crippen LogP contribution >= 0.6 is 48.8 Å². The van der Waals surface area contributed by atoms with Crippen molar-refractivity contribution in [2.45, 2.75) is 39.2 Å². The summed E-state index contributed by atoms with van der Waals surface area (Å²) in [6.45, 7) is 13.6. The van der Waals surface area contributed by atoms with E-state index in [2.05, 4.69) is 75.8 Å². The Hall–Kier alpha value is 0.440. The third-order valence-electron chi connectivity index (χ3n) is 5.03. The highest BCUT2D eigenvalue weighted by atomic mass is 79.9. The van der Waals surface area contributed by atoms with Gasteiger partial charge in [-0.1, -0.05) is 6.58 Å². The van der Waals surface area contributed by atoms with Crippen molar-refractivity contribution < 1.29 is 26.2 Å². The van der Waals surface area contributed by atoms with Gasteiger partial charge in [-0.15, -0.1) is 17.0 Å². The molecule has 0 amide bonds. The number of quaternary nitrogens is 1. The maximum absolute atomic E-state index is 6.06. The molecule has 0 radical (unpaired) electrons. The van der Waals surface area contributed by atoms with Crippen molar-refractivity contribution in [2.24, 2.45) is 0 Å². The lowest BCUT2D eigenvalue weighted by atomic mass is 10.2. The number of ether oxygens (including phenoxy) is 1. The zero-order valence-electron chi connectivity index (χ0n) is 15.6. The second-order valence-electron chi connectivity index (χ2n) is 6.63. The minimum Gasteiger partial charge on any atom is -1.00 e. The highest BCUT2D eigenvalue weighted by Gasteiger charge is 2.37. The molecule has 3 nitrogen and oxygen atoms in total. The van der Waals surface area contributed by atoms with Crippen molar-refractivity contribution in [3.05, 3.63) is 33.7 Å². The fraction of sp³-hybridized carbons (Fsp3) is 0.579. The van der Waals surface area contributed by atoms with Crippen LogP contribution in [0.5, 0.6) is 5.75 Å². The van der Waals surface area contributed by atoms with E-state index >= 15 is 0 Å². The Labute approximate surface area is 196 Å². The Morgan fingerprint density at radius 1 is 1.35 bits per heavy atom. The van der Waals surface area contributed by atoms with E-state index in [9.17, 15) is 0 Å². The molecular formula is C19H30Br4N2O. The van der Waals surface area contributed by atoms with Crippen LogP contribution in [0.25, 0.3) is 0 Å². The number of nitrogens with one attached hydrogen (secondary N) is 1. The summed E-state index contributed by atoms with van der Waals surface area (Å²) in [5.41, 5.74) is 1.09. The van der Waals surface area contributed by atoms with Crippen LogP contribution < -0.4 is 27.0 Å². The summed E-state index contributed by atoms with van der Waals surface area (Å²) in [6.07, 6.45) is 5.80. The molecule has 150 valence electrons. The average Bonchev–Trinajstić information content (AvgIpc) is 2.87. The maximum atomic E-state index is 6.06. The summed E-state index contributed by atoms with van der Waals surface area (Å²) in [5, 5.41) is 3.32. The molecule has 1 fully saturated rings. The number of nitrogens with zero attached hydrogens (tertiary/aromatic N) is 1. The van der Waals surface area contributed by atoms with Crippen LogP contribution in [0, 0.1) is 0 Å². The van der Waals surface area contributed by atoms with Crippen LogP contribution in [-0.2, 0) is 0 Å². The largest absolute Gasteiger partial charge is 1.00 e. The molecule has 2 rings (SSSR count). The molecule has 2 atom stereocenters. The quantitative estimate of drug-likeness (QED) is 0.260. The van der Waals surface area contributed by atoms with Crippen LogP contribution in [0.2, 0.25) is 0 Å². The van der Waals surface area contributed by atoms with Crippen LogP contribution in [-0.4, -0.2) is 43.3 Å². The number of likely N-dealkylation sites (tertiary alicyclic amines) is 1. The van der Waals surface area contributed by atoms with Gasteiger partial charge < -0.3 is 31.5 Å². The number of hydrogen-bond acceptors (Lipinski definition) is 2. The molecule has 2 unspecified atom stereocenters. The standard InChI is InChI=1S/C19H29Br2N2O.2BrH/c1-4-9-23(10-6-8-15(23)3)11-7-12-24-19-17(20)13-16(22-5-2)14-18(19)21;;/h4,13-15,22H,1,5-12H2,2-3H3;2*1H/q+1;;/p-1. The smallest absolute Gasteiger partial charge is 0.147 e. The number of hydrogen-bond donors (Lipinski definition) is 1. The number of benzene rings is 1. The van der Waals surface area contributed by atoms with Gasteiger partial charge in [-0.25, -0.2) is 0 Å². The molecule has 1 heterocycles. The first-order valence-corrected chi connectivity index (χ1v) is 10.4. The molecule has 0 aliphatic carbocycles. The SMILES string of the molecule is Br.C=CC[N+]1(CCCOc2c(Br)cc(NCC)cc2Br)CCCC1C.[Br-]. The lowest BCUT2D eigenvalue weighted by Gasteiger charge is -2.38. The third kappa shape index (κ3) is 6.80. The molecule has 0 aromatic heterocycles. The Balaban J connectivity index is 0.00000312. The first-order valence-electron chi connectivity index (χ1n) is 8.85. The minimum absolute atomic E-state index is 0. The van der Waals surface area contributed by atoms with Crippen molar-refractivity contribution in [3.8, 4) is 5.75 Å². The number of anilines is 1. The third-order valence-corrected chi connectivity index (χ3v) is 6.20. The van der Waals surface area contributed by atoms with Gasteiger partial charge in [0.05, 0.1) is 41.2 Å². The van der Waals surface area contributed by atoms with Gasteiger partial charge in [0.2, 0.25) is 0 Å². The molecule has 1 aromatic rings. The first kappa shape index (κ1) is 26.4. The molecule has 0 saturated carbocycles. The molecule has 1 N–H and O–H groups in total. The summed E-state index contributed by atoms with van der Waals surface area (Å²) < 4.78 is 9.20. The lowest BCUT2D eigenvalue weighted by Crippen LogP contribution is -3.00. The van der Waals surface area contributed by atoms with E-state index in [1.807, 2.05) is 0 Å². The van der Waals surface area contributed by atoms with Crippen LogP contribution in [0.15, 0.2) is 33.7 Å². The average molecular weight is 622 g/mol. The van der Waals surface area contributed by atoms with Gasteiger partial charge in [0.25, 0.3) is 0 Å². The predicted molar refractivity (Wildman–Crippen MR) is 120 cm³/mol. The zero-order valence-corrected chi connectivity index (χ0v) is 22.0. The molecule has 1 aliphatic rings. The molecule has 0 spiro atoms. The van der Waals surface area contributed by atoms with Gasteiger partial charge in [0.15, 0.2) is 0 Å². The van der Waals surface area contributed by atoms with Crippen LogP contribution in [0.4, 0.5) is 5.69 Å². The normalized spacial score (nSPS) is 21.5. The van der Waals surface area contributed by atoms with Gasteiger partial charge in [0, 0.05) is 31.5 Å². The van der Waals surface area contributed by atoms with Crippen molar-refractivity contribution in [1.82, 2.24) is 0 Å². The van der Waals surface area contributed by atoms with Crippen molar-refractivity contribution >= 4 is 54.5 Å². The van der Waals surface area contributed by atoms with Gasteiger partial charge in [-0.05, 0) is 63.9 Å². The van der Waals surface area contributed by atoms with Crippen molar-refractivity contribution in [3.63, 3.8) is 0 Å². The summed E-state index contributed by atoms with van der Waals surface area (Å²) in [5.74, 6) is 0.890. The molecule has 26 heavy (non-hydrogen) atoms. The van der Waals surface area contributed by atoms with Gasteiger partial charge in [-0.3, -0.25) is 0 Å². The minimum atomic E-state index is 0. The number of rotatable bonds is 9. The topological polar surface area (TPSA) is 21.3 Å². The predicted octanol–water partition coefficient (Wildman–Crippen LogP) is 3.18.